The highest BCUT2D eigenvalue weighted by Crippen LogP contribution is 2.38. The number of ether oxygens (including phenoxy) is 2. The molecule has 1 aromatic heterocycles. The molecule has 0 aliphatic carbocycles. The summed E-state index contributed by atoms with van der Waals surface area (Å²) < 4.78 is 57.4. The van der Waals surface area contributed by atoms with Crippen LogP contribution in [0.3, 0.4) is 0 Å². The summed E-state index contributed by atoms with van der Waals surface area (Å²) in [4.78, 5) is 25.8. The van der Waals surface area contributed by atoms with E-state index in [2.05, 4.69) is 0 Å². The molecule has 0 atom stereocenters. The van der Waals surface area contributed by atoms with Crippen LogP contribution in [0, 0.1) is 20.8 Å². The van der Waals surface area contributed by atoms with Crippen LogP contribution in [-0.2, 0) is 12.6 Å². The van der Waals surface area contributed by atoms with Gasteiger partial charge in [-0.1, -0.05) is 36.8 Å². The average molecular weight is 496 g/mol. The van der Waals surface area contributed by atoms with Gasteiger partial charge in [-0.25, -0.2) is 4.79 Å². The van der Waals surface area contributed by atoms with E-state index in [1.54, 1.807) is 26.0 Å². The number of carbonyl (C=O) groups excluding carboxylic acids is 1. The van der Waals surface area contributed by atoms with Gasteiger partial charge in [-0.2, -0.15) is 13.2 Å². The Kier molecular flexibility index (Phi) is 6.63. The van der Waals surface area contributed by atoms with Gasteiger partial charge < -0.3 is 13.9 Å². The van der Waals surface area contributed by atoms with E-state index in [9.17, 15) is 22.8 Å². The Bertz CT molecular complexity index is 1490. The molecular weight excluding hydrogens is 473 g/mol. The van der Waals surface area contributed by atoms with Gasteiger partial charge in [0, 0.05) is 6.07 Å². The molecule has 0 aliphatic rings. The quantitative estimate of drug-likeness (QED) is 0.214. The Labute approximate surface area is 205 Å². The number of hydrogen-bond donors (Lipinski definition) is 0. The maximum atomic E-state index is 13.8. The minimum absolute atomic E-state index is 0.0630. The number of hydrogen-bond acceptors (Lipinski definition) is 5. The van der Waals surface area contributed by atoms with Gasteiger partial charge in [0.2, 0.25) is 11.2 Å². The zero-order valence-electron chi connectivity index (χ0n) is 20.1. The third kappa shape index (κ3) is 4.98. The highest BCUT2D eigenvalue weighted by Gasteiger charge is 2.40. The van der Waals surface area contributed by atoms with E-state index in [0.717, 1.165) is 23.6 Å². The van der Waals surface area contributed by atoms with Crippen LogP contribution in [0.25, 0.3) is 11.0 Å². The highest BCUT2D eigenvalue weighted by molar-refractivity contribution is 5.94. The topological polar surface area (TPSA) is 65.7 Å². The predicted octanol–water partition coefficient (Wildman–Crippen LogP) is 7.31. The Hall–Kier alpha value is -4.07. The molecule has 0 spiro atoms. The molecule has 0 unspecified atom stereocenters. The molecule has 1 heterocycles. The monoisotopic (exact) mass is 496 g/mol. The second-order valence-corrected chi connectivity index (χ2v) is 8.51. The zero-order chi connectivity index (χ0) is 26.2. The molecule has 0 N–H and O–H groups in total. The molecule has 0 saturated carbocycles. The van der Waals surface area contributed by atoms with E-state index in [0.29, 0.717) is 16.7 Å². The number of benzene rings is 3. The van der Waals surface area contributed by atoms with E-state index < -0.39 is 29.1 Å². The number of halogens is 3. The fourth-order valence-electron chi connectivity index (χ4n) is 4.07. The fourth-order valence-corrected chi connectivity index (χ4v) is 4.07. The van der Waals surface area contributed by atoms with Crippen LogP contribution in [-0.4, -0.2) is 5.97 Å². The molecule has 186 valence electrons. The average Bonchev–Trinajstić information content (AvgIpc) is 2.79. The first-order valence-corrected chi connectivity index (χ1v) is 11.2. The number of esters is 1. The van der Waals surface area contributed by atoms with E-state index >= 15 is 0 Å². The van der Waals surface area contributed by atoms with Crippen molar-refractivity contribution in [3.63, 3.8) is 0 Å². The summed E-state index contributed by atoms with van der Waals surface area (Å²) in [7, 11) is 0. The highest BCUT2D eigenvalue weighted by atomic mass is 19.4. The Balaban J connectivity index is 1.74. The molecule has 0 radical (unpaired) electrons. The van der Waals surface area contributed by atoms with Crippen LogP contribution in [0.4, 0.5) is 13.2 Å². The van der Waals surface area contributed by atoms with Gasteiger partial charge in [-0.05, 0) is 68.1 Å². The summed E-state index contributed by atoms with van der Waals surface area (Å²) in [5, 5.41) is -0.148. The summed E-state index contributed by atoms with van der Waals surface area (Å²) in [6, 6.07) is 13.7. The van der Waals surface area contributed by atoms with Crippen molar-refractivity contribution >= 4 is 16.9 Å². The predicted molar refractivity (Wildman–Crippen MR) is 129 cm³/mol. The van der Waals surface area contributed by atoms with Crippen LogP contribution in [0.15, 0.2) is 63.8 Å². The summed E-state index contributed by atoms with van der Waals surface area (Å²) in [5.74, 6) is -3.20. The van der Waals surface area contributed by atoms with Crippen LogP contribution < -0.4 is 14.9 Å². The Morgan fingerprint density at radius 1 is 0.917 bits per heavy atom. The van der Waals surface area contributed by atoms with Gasteiger partial charge in [0.05, 0.1) is 10.9 Å². The number of aryl methyl sites for hydroxylation is 4. The fraction of sp³-hybridized carbons (Fsp3) is 0.214. The van der Waals surface area contributed by atoms with Crippen LogP contribution in [0.1, 0.15) is 45.3 Å². The minimum atomic E-state index is -5.01. The van der Waals surface area contributed by atoms with Crippen molar-refractivity contribution in [2.24, 2.45) is 0 Å². The third-order valence-electron chi connectivity index (χ3n) is 5.72. The van der Waals surface area contributed by atoms with Gasteiger partial charge in [-0.15, -0.1) is 0 Å². The summed E-state index contributed by atoms with van der Waals surface area (Å²) >= 11 is 0. The van der Waals surface area contributed by atoms with Gasteiger partial charge >= 0.3 is 12.1 Å². The van der Waals surface area contributed by atoms with E-state index in [1.807, 2.05) is 26.0 Å². The van der Waals surface area contributed by atoms with Gasteiger partial charge in [-0.3, -0.25) is 4.79 Å². The first-order chi connectivity index (χ1) is 17.0. The maximum absolute atomic E-state index is 13.8. The number of fused-ring (bicyclic) bond motifs is 1. The molecule has 4 aromatic rings. The van der Waals surface area contributed by atoms with E-state index in [4.69, 9.17) is 13.9 Å². The van der Waals surface area contributed by atoms with Crippen LogP contribution >= 0.6 is 0 Å². The Morgan fingerprint density at radius 2 is 1.53 bits per heavy atom. The van der Waals surface area contributed by atoms with Crippen molar-refractivity contribution in [2.75, 3.05) is 0 Å². The SMILES string of the molecule is CCc1ccc(Oc2c(C(F)(F)F)oc3cc(OC(=O)c4c(C)cc(C)cc4C)ccc3c2=O)cc1. The third-order valence-corrected chi connectivity index (χ3v) is 5.72. The normalized spacial score (nSPS) is 11.5. The van der Waals surface area contributed by atoms with Crippen molar-refractivity contribution < 1.29 is 31.9 Å². The van der Waals surface area contributed by atoms with Crippen LogP contribution in [0.2, 0.25) is 0 Å². The molecule has 5 nitrogen and oxygen atoms in total. The van der Waals surface area contributed by atoms with Crippen molar-refractivity contribution in [1.82, 2.24) is 0 Å². The summed E-state index contributed by atoms with van der Waals surface area (Å²) in [6.45, 7) is 7.37. The summed E-state index contributed by atoms with van der Waals surface area (Å²) in [6.07, 6.45) is -4.27. The molecule has 8 heteroatoms. The number of alkyl halides is 3. The van der Waals surface area contributed by atoms with Crippen LogP contribution in [0.5, 0.6) is 17.2 Å². The lowest BCUT2D eigenvalue weighted by atomic mass is 10.00. The second kappa shape index (κ2) is 9.53. The molecule has 4 rings (SSSR count). The Morgan fingerprint density at radius 3 is 2.11 bits per heavy atom. The largest absolute Gasteiger partial charge is 0.453 e. The molecule has 0 amide bonds. The molecule has 3 aromatic carbocycles. The van der Waals surface area contributed by atoms with Gasteiger partial charge in [0.25, 0.3) is 5.76 Å². The molecule has 0 fully saturated rings. The zero-order valence-corrected chi connectivity index (χ0v) is 20.1. The van der Waals surface area contributed by atoms with E-state index in [1.165, 1.54) is 24.3 Å². The molecule has 36 heavy (non-hydrogen) atoms. The number of carbonyl (C=O) groups is 1. The molecular formula is C28H23F3O5. The minimum Gasteiger partial charge on any atom is -0.449 e. The molecule has 0 saturated heterocycles. The first kappa shape index (κ1) is 25.0. The molecule has 0 aliphatic heterocycles. The van der Waals surface area contributed by atoms with Crippen molar-refractivity contribution in [1.29, 1.82) is 0 Å². The van der Waals surface area contributed by atoms with Crippen molar-refractivity contribution in [3.8, 4) is 17.2 Å². The van der Waals surface area contributed by atoms with Crippen molar-refractivity contribution in [3.05, 3.63) is 98.4 Å². The van der Waals surface area contributed by atoms with Crippen molar-refractivity contribution in [2.45, 2.75) is 40.3 Å². The summed E-state index contributed by atoms with van der Waals surface area (Å²) in [5.41, 5.74) is 2.33. The first-order valence-electron chi connectivity index (χ1n) is 11.2. The lowest BCUT2D eigenvalue weighted by molar-refractivity contribution is -0.154. The molecule has 0 bridgehead atoms. The lowest BCUT2D eigenvalue weighted by Crippen LogP contribution is -2.16. The van der Waals surface area contributed by atoms with Gasteiger partial charge in [0.1, 0.15) is 17.1 Å². The second-order valence-electron chi connectivity index (χ2n) is 8.51. The maximum Gasteiger partial charge on any atom is 0.453 e. The number of rotatable bonds is 5. The lowest BCUT2D eigenvalue weighted by Gasteiger charge is -2.14. The standard InChI is InChI=1S/C28H23F3O5/c1-5-18-6-8-19(9-7-18)34-25-24(32)21-11-10-20(14-22(21)36-26(25)28(29,30)31)35-27(33)23-16(3)12-15(2)13-17(23)4/h6-14H,5H2,1-4H3. The van der Waals surface area contributed by atoms with E-state index in [-0.39, 0.29) is 22.5 Å². The van der Waals surface area contributed by atoms with Gasteiger partial charge in [0.15, 0.2) is 0 Å². The smallest absolute Gasteiger partial charge is 0.449 e.